The van der Waals surface area contributed by atoms with Gasteiger partial charge in [-0.2, -0.15) is 4.31 Å². The van der Waals surface area contributed by atoms with Crippen LogP contribution in [-0.2, 0) is 31.2 Å². The van der Waals surface area contributed by atoms with Crippen molar-refractivity contribution >= 4 is 55.2 Å². The Morgan fingerprint density at radius 1 is 1.00 bits per heavy atom. The summed E-state index contributed by atoms with van der Waals surface area (Å²) >= 11 is 12.4. The van der Waals surface area contributed by atoms with Crippen molar-refractivity contribution in [2.24, 2.45) is 5.14 Å². The number of nitrogens with zero attached hydrogens (tertiary/aromatic N) is 2. The Bertz CT molecular complexity index is 1380. The molecule has 0 atom stereocenters. The summed E-state index contributed by atoms with van der Waals surface area (Å²) < 4.78 is 55.4. The first kappa shape index (κ1) is 29.1. The summed E-state index contributed by atoms with van der Waals surface area (Å²) in [6.07, 6.45) is -0.138. The number of amides is 2. The molecule has 15 heteroatoms. The molecule has 1 saturated heterocycles. The molecular formula is C22H26Cl2N4O7S2. The Morgan fingerprint density at radius 2 is 1.62 bits per heavy atom. The van der Waals surface area contributed by atoms with Crippen molar-refractivity contribution in [1.29, 1.82) is 0 Å². The largest absolute Gasteiger partial charge is 0.450 e. The Labute approximate surface area is 225 Å². The second-order valence-electron chi connectivity index (χ2n) is 8.05. The molecule has 37 heavy (non-hydrogen) atoms. The predicted octanol–water partition coefficient (Wildman–Crippen LogP) is 2.08. The van der Waals surface area contributed by atoms with E-state index in [0.29, 0.717) is 6.42 Å². The van der Waals surface area contributed by atoms with Gasteiger partial charge in [0.05, 0.1) is 27.1 Å². The van der Waals surface area contributed by atoms with Gasteiger partial charge < -0.3 is 15.0 Å². The lowest BCUT2D eigenvalue weighted by atomic mass is 10.1. The number of halogens is 2. The molecule has 2 aromatic rings. The molecule has 3 rings (SSSR count). The molecule has 1 fully saturated rings. The van der Waals surface area contributed by atoms with Crippen LogP contribution in [0.15, 0.2) is 46.2 Å². The van der Waals surface area contributed by atoms with Crippen LogP contribution in [0.3, 0.4) is 0 Å². The van der Waals surface area contributed by atoms with Crippen molar-refractivity contribution in [1.82, 2.24) is 14.5 Å². The van der Waals surface area contributed by atoms with Crippen molar-refractivity contribution in [3.05, 3.63) is 57.6 Å². The number of nitrogens with one attached hydrogen (secondary N) is 1. The van der Waals surface area contributed by atoms with E-state index in [9.17, 15) is 26.4 Å². The van der Waals surface area contributed by atoms with E-state index in [0.717, 1.165) is 11.6 Å². The summed E-state index contributed by atoms with van der Waals surface area (Å²) in [5.41, 5.74) is 0.680. The maximum Gasteiger partial charge on any atom is 0.409 e. The average molecular weight is 594 g/mol. The number of carbonyl (C=O) groups excluding carboxylic acids is 2. The molecule has 0 saturated carbocycles. The molecule has 1 aliphatic rings. The highest BCUT2D eigenvalue weighted by atomic mass is 35.5. The summed E-state index contributed by atoms with van der Waals surface area (Å²) in [4.78, 5) is 25.8. The van der Waals surface area contributed by atoms with Gasteiger partial charge in [0.1, 0.15) is 4.90 Å². The Balaban J connectivity index is 1.69. The summed E-state index contributed by atoms with van der Waals surface area (Å²) in [6, 6.07) is 8.22. The van der Waals surface area contributed by atoms with Crippen LogP contribution in [0.2, 0.25) is 10.0 Å². The third-order valence-electron chi connectivity index (χ3n) is 5.60. The number of benzene rings is 2. The number of hydrogen-bond acceptors (Lipinski definition) is 7. The minimum Gasteiger partial charge on any atom is -0.450 e. The Kier molecular flexibility index (Phi) is 9.42. The zero-order valence-electron chi connectivity index (χ0n) is 19.8. The van der Waals surface area contributed by atoms with Crippen LogP contribution >= 0.6 is 23.2 Å². The van der Waals surface area contributed by atoms with Crippen molar-refractivity contribution < 1.29 is 31.2 Å². The van der Waals surface area contributed by atoms with Gasteiger partial charge in [0.25, 0.3) is 5.91 Å². The molecule has 2 aromatic carbocycles. The highest BCUT2D eigenvalue weighted by molar-refractivity contribution is 7.89. The number of ether oxygens (including phenoxy) is 1. The molecule has 1 heterocycles. The number of carbonyl (C=O) groups is 2. The van der Waals surface area contributed by atoms with E-state index >= 15 is 0 Å². The molecule has 0 spiro atoms. The van der Waals surface area contributed by atoms with Gasteiger partial charge in [0.2, 0.25) is 20.0 Å². The summed E-state index contributed by atoms with van der Waals surface area (Å²) in [7, 11) is -7.88. The first-order chi connectivity index (χ1) is 17.3. The first-order valence-corrected chi connectivity index (χ1v) is 14.9. The maximum absolute atomic E-state index is 13.3. The standard InChI is InChI=1S/C22H26Cl2N4O7S2/c1-2-35-22(30)27-9-11-28(12-10-27)37(33,34)20-13-17(18(23)14-19(20)24)21(29)26-8-7-15-3-5-16(6-4-15)36(25,31)32/h3-6,13-14H,2,7-12H2,1H3,(H,26,29)(H2,25,31,32). The van der Waals surface area contributed by atoms with Crippen molar-refractivity contribution in [2.45, 2.75) is 23.1 Å². The smallest absolute Gasteiger partial charge is 0.409 e. The number of piperazine rings is 1. The second kappa shape index (κ2) is 12.0. The van der Waals surface area contributed by atoms with Crippen LogP contribution in [0.4, 0.5) is 4.79 Å². The van der Waals surface area contributed by atoms with Gasteiger partial charge in [-0.1, -0.05) is 35.3 Å². The Hall–Kier alpha value is -2.42. The fraction of sp³-hybridized carbons (Fsp3) is 0.364. The number of sulfonamides is 2. The SMILES string of the molecule is CCOC(=O)N1CCN(S(=O)(=O)c2cc(C(=O)NCCc3ccc(S(N)(=O)=O)cc3)c(Cl)cc2Cl)CC1. The third kappa shape index (κ3) is 7.12. The maximum atomic E-state index is 13.3. The number of nitrogens with two attached hydrogens (primary N) is 1. The molecule has 11 nitrogen and oxygen atoms in total. The predicted molar refractivity (Wildman–Crippen MR) is 138 cm³/mol. The van der Waals surface area contributed by atoms with E-state index in [1.807, 2.05) is 0 Å². The molecule has 0 radical (unpaired) electrons. The van der Waals surface area contributed by atoms with E-state index in [-0.39, 0.29) is 64.7 Å². The second-order valence-corrected chi connectivity index (χ2v) is 12.3. The van der Waals surface area contributed by atoms with Gasteiger partial charge in [-0.3, -0.25) is 4.79 Å². The van der Waals surface area contributed by atoms with E-state index in [4.69, 9.17) is 33.1 Å². The molecular weight excluding hydrogens is 567 g/mol. The minimum atomic E-state index is -4.08. The number of hydrogen-bond donors (Lipinski definition) is 2. The molecule has 202 valence electrons. The number of primary sulfonamides is 1. The van der Waals surface area contributed by atoms with Crippen molar-refractivity contribution in [3.63, 3.8) is 0 Å². The molecule has 0 aliphatic carbocycles. The van der Waals surface area contributed by atoms with E-state index in [1.54, 1.807) is 19.1 Å². The Morgan fingerprint density at radius 3 is 2.19 bits per heavy atom. The van der Waals surface area contributed by atoms with E-state index in [2.05, 4.69) is 5.32 Å². The highest BCUT2D eigenvalue weighted by Gasteiger charge is 2.33. The average Bonchev–Trinajstić information content (AvgIpc) is 2.84. The van der Waals surface area contributed by atoms with E-state index < -0.39 is 32.0 Å². The van der Waals surface area contributed by atoms with Crippen molar-refractivity contribution in [2.75, 3.05) is 39.3 Å². The van der Waals surface area contributed by atoms with Gasteiger partial charge in [0, 0.05) is 32.7 Å². The zero-order chi connectivity index (χ0) is 27.4. The number of rotatable bonds is 8. The van der Waals surface area contributed by atoms with Gasteiger partial charge in [-0.15, -0.1) is 0 Å². The quantitative estimate of drug-likeness (QED) is 0.475. The van der Waals surface area contributed by atoms with E-state index in [1.165, 1.54) is 27.4 Å². The first-order valence-electron chi connectivity index (χ1n) is 11.2. The molecule has 3 N–H and O–H groups in total. The molecule has 2 amide bonds. The van der Waals surface area contributed by atoms with Crippen LogP contribution < -0.4 is 10.5 Å². The van der Waals surface area contributed by atoms with Crippen molar-refractivity contribution in [3.8, 4) is 0 Å². The third-order valence-corrected chi connectivity index (χ3v) is 9.21. The molecule has 0 bridgehead atoms. The monoisotopic (exact) mass is 592 g/mol. The lowest BCUT2D eigenvalue weighted by Crippen LogP contribution is -2.50. The van der Waals surface area contributed by atoms with Gasteiger partial charge in [-0.05, 0) is 43.2 Å². The summed E-state index contributed by atoms with van der Waals surface area (Å²) in [5, 5.41) is 7.59. The zero-order valence-corrected chi connectivity index (χ0v) is 23.0. The molecule has 1 aliphatic heterocycles. The van der Waals surface area contributed by atoms with Gasteiger partial charge in [0.15, 0.2) is 0 Å². The van der Waals surface area contributed by atoms with Crippen LogP contribution in [0.1, 0.15) is 22.8 Å². The highest BCUT2D eigenvalue weighted by Crippen LogP contribution is 2.31. The minimum absolute atomic E-state index is 0.0221. The summed E-state index contributed by atoms with van der Waals surface area (Å²) in [6.45, 7) is 2.43. The lowest BCUT2D eigenvalue weighted by Gasteiger charge is -2.33. The van der Waals surface area contributed by atoms with Crippen LogP contribution in [0, 0.1) is 0 Å². The summed E-state index contributed by atoms with van der Waals surface area (Å²) in [5.74, 6) is -0.605. The fourth-order valence-electron chi connectivity index (χ4n) is 3.63. The topological polar surface area (TPSA) is 156 Å². The van der Waals surface area contributed by atoms with Gasteiger partial charge in [-0.25, -0.2) is 26.8 Å². The molecule has 0 aromatic heterocycles. The molecule has 0 unspecified atom stereocenters. The normalized spacial score (nSPS) is 14.9. The van der Waals surface area contributed by atoms with Gasteiger partial charge >= 0.3 is 6.09 Å². The lowest BCUT2D eigenvalue weighted by molar-refractivity contribution is 0.0931. The van der Waals surface area contributed by atoms with Crippen LogP contribution in [0.25, 0.3) is 0 Å². The van der Waals surface area contributed by atoms with Crippen LogP contribution in [-0.4, -0.2) is 77.4 Å². The van der Waals surface area contributed by atoms with Crippen LogP contribution in [0.5, 0.6) is 0 Å². The fourth-order valence-corrected chi connectivity index (χ4v) is 6.40.